The van der Waals surface area contributed by atoms with Crippen LogP contribution in [-0.2, 0) is 5.75 Å². The number of hydrogen-bond acceptors (Lipinski definition) is 4. The highest BCUT2D eigenvalue weighted by molar-refractivity contribution is 7.98. The number of carbonyl (C=O) groups is 2. The fraction of sp³-hybridized carbons (Fsp3) is 0.0526. The molecule has 0 unspecified atom stereocenters. The summed E-state index contributed by atoms with van der Waals surface area (Å²) >= 11 is 3.00. The van der Waals surface area contributed by atoms with E-state index in [9.17, 15) is 9.59 Å². The average Bonchev–Trinajstić information content (AvgIpc) is 3.04. The van der Waals surface area contributed by atoms with Crippen molar-refractivity contribution in [3.63, 3.8) is 0 Å². The Bertz CT molecular complexity index is 939. The summed E-state index contributed by atoms with van der Waals surface area (Å²) in [5, 5.41) is 2.82. The minimum absolute atomic E-state index is 0.256. The van der Waals surface area contributed by atoms with Gasteiger partial charge in [0.05, 0.1) is 5.56 Å². The lowest BCUT2D eigenvalue weighted by molar-refractivity contribution is 0.100. The van der Waals surface area contributed by atoms with E-state index in [1.54, 1.807) is 17.8 Å². The van der Waals surface area contributed by atoms with Crippen molar-refractivity contribution in [1.29, 1.82) is 0 Å². The number of nitrogens with two attached hydrogens (primary N) is 2. The molecule has 3 rings (SSSR count). The number of thioether (sulfide) groups is 1. The van der Waals surface area contributed by atoms with Gasteiger partial charge in [0.15, 0.2) is 0 Å². The summed E-state index contributed by atoms with van der Waals surface area (Å²) in [6.07, 6.45) is 0. The molecule has 132 valence electrons. The Morgan fingerprint density at radius 2 is 1.77 bits per heavy atom. The van der Waals surface area contributed by atoms with Crippen molar-refractivity contribution < 1.29 is 9.59 Å². The lowest BCUT2D eigenvalue weighted by Gasteiger charge is -2.04. The summed E-state index contributed by atoms with van der Waals surface area (Å²) in [7, 11) is 0. The number of nitrogens with one attached hydrogen (secondary N) is 1. The van der Waals surface area contributed by atoms with E-state index in [4.69, 9.17) is 11.5 Å². The summed E-state index contributed by atoms with van der Waals surface area (Å²) in [5.41, 5.74) is 13.0. The smallest absolute Gasteiger partial charge is 0.317 e. The van der Waals surface area contributed by atoms with Crippen LogP contribution in [0.3, 0.4) is 0 Å². The molecule has 0 aliphatic rings. The van der Waals surface area contributed by atoms with Crippen molar-refractivity contribution in [3.8, 4) is 10.4 Å². The van der Waals surface area contributed by atoms with Gasteiger partial charge in [-0.3, -0.25) is 10.1 Å². The van der Waals surface area contributed by atoms with Gasteiger partial charge in [-0.25, -0.2) is 4.79 Å². The Morgan fingerprint density at radius 3 is 2.46 bits per heavy atom. The maximum absolute atomic E-state index is 11.6. The van der Waals surface area contributed by atoms with Crippen LogP contribution in [0.4, 0.5) is 9.80 Å². The molecule has 0 aliphatic carbocycles. The zero-order valence-electron chi connectivity index (χ0n) is 13.8. The Labute approximate surface area is 159 Å². The van der Waals surface area contributed by atoms with Crippen molar-refractivity contribution >= 4 is 40.0 Å². The van der Waals surface area contributed by atoms with Crippen LogP contribution in [0.1, 0.15) is 15.9 Å². The molecule has 2 aromatic carbocycles. The molecular weight excluding hydrogens is 366 g/mol. The number of amides is 3. The monoisotopic (exact) mass is 383 g/mol. The topological polar surface area (TPSA) is 98.2 Å². The Hall–Kier alpha value is -2.77. The zero-order chi connectivity index (χ0) is 18.5. The fourth-order valence-electron chi connectivity index (χ4n) is 2.40. The van der Waals surface area contributed by atoms with Crippen molar-refractivity contribution in [1.82, 2.24) is 0 Å². The molecule has 5 nitrogen and oxygen atoms in total. The van der Waals surface area contributed by atoms with Gasteiger partial charge in [-0.05, 0) is 29.3 Å². The van der Waals surface area contributed by atoms with Gasteiger partial charge >= 0.3 is 6.03 Å². The highest BCUT2D eigenvalue weighted by Gasteiger charge is 2.16. The molecule has 5 N–H and O–H groups in total. The van der Waals surface area contributed by atoms with Gasteiger partial charge in [0.2, 0.25) is 0 Å². The van der Waals surface area contributed by atoms with Gasteiger partial charge in [-0.1, -0.05) is 42.5 Å². The zero-order valence-corrected chi connectivity index (χ0v) is 15.4. The van der Waals surface area contributed by atoms with E-state index in [0.717, 1.165) is 21.1 Å². The molecule has 1 aromatic heterocycles. The fourth-order valence-corrected chi connectivity index (χ4v) is 4.37. The van der Waals surface area contributed by atoms with Crippen LogP contribution in [0.5, 0.6) is 0 Å². The summed E-state index contributed by atoms with van der Waals surface area (Å²) in [5.74, 6) is 0.265. The van der Waals surface area contributed by atoms with Crippen LogP contribution in [0.2, 0.25) is 0 Å². The summed E-state index contributed by atoms with van der Waals surface area (Å²) < 4.78 is 0. The third-order valence-electron chi connectivity index (χ3n) is 3.60. The molecule has 0 saturated heterocycles. The van der Waals surface area contributed by atoms with Crippen LogP contribution in [0, 0.1) is 0 Å². The van der Waals surface area contributed by atoms with Crippen LogP contribution >= 0.6 is 23.1 Å². The molecule has 0 saturated carbocycles. The van der Waals surface area contributed by atoms with Crippen LogP contribution < -0.4 is 16.8 Å². The Balaban J connectivity index is 1.83. The number of benzene rings is 2. The summed E-state index contributed by atoms with van der Waals surface area (Å²) in [4.78, 5) is 24.7. The molecule has 3 amide bonds. The van der Waals surface area contributed by atoms with Gasteiger partial charge in [0.1, 0.15) is 5.00 Å². The highest BCUT2D eigenvalue weighted by atomic mass is 32.2. The normalized spacial score (nSPS) is 10.5. The predicted octanol–water partition coefficient (Wildman–Crippen LogP) is 4.30. The van der Waals surface area contributed by atoms with E-state index in [-0.39, 0.29) is 5.56 Å². The van der Waals surface area contributed by atoms with Gasteiger partial charge in [0.25, 0.3) is 5.91 Å². The van der Waals surface area contributed by atoms with Crippen LogP contribution in [-0.4, -0.2) is 11.9 Å². The second-order valence-corrected chi connectivity index (χ2v) is 7.61. The van der Waals surface area contributed by atoms with Crippen LogP contribution in [0.15, 0.2) is 65.6 Å². The Morgan fingerprint density at radius 1 is 1.00 bits per heavy atom. The number of primary amides is 2. The first-order valence-corrected chi connectivity index (χ1v) is 9.60. The number of urea groups is 1. The highest BCUT2D eigenvalue weighted by Crippen LogP contribution is 2.37. The molecule has 3 aromatic rings. The SMILES string of the molecule is NC(=O)Nc1sc(-c2cccc(SCc3ccccc3)c2)cc1C(N)=O. The maximum Gasteiger partial charge on any atom is 0.317 e. The standard InChI is InChI=1S/C19H17N3O2S2/c20-17(23)15-10-16(26-18(15)22-19(21)24)13-7-4-8-14(9-13)25-11-12-5-2-1-3-6-12/h1-10H,11H2,(H2,20,23)(H3,21,22,24). The first-order valence-electron chi connectivity index (χ1n) is 7.80. The van der Waals surface area contributed by atoms with Crippen molar-refractivity contribution in [2.75, 3.05) is 5.32 Å². The van der Waals surface area contributed by atoms with E-state index in [1.807, 2.05) is 36.4 Å². The predicted molar refractivity (Wildman–Crippen MR) is 107 cm³/mol. The molecular formula is C19H17N3O2S2. The van der Waals surface area contributed by atoms with Crippen molar-refractivity contribution in [2.24, 2.45) is 11.5 Å². The van der Waals surface area contributed by atoms with E-state index >= 15 is 0 Å². The number of anilines is 1. The van der Waals surface area contributed by atoms with Crippen molar-refractivity contribution in [3.05, 3.63) is 71.8 Å². The first kappa shape index (κ1) is 18.0. The average molecular weight is 383 g/mol. The molecule has 7 heteroatoms. The number of thiophene rings is 1. The molecule has 0 radical (unpaired) electrons. The second kappa shape index (κ2) is 8.07. The number of carbonyl (C=O) groups excluding carboxylic acids is 2. The van der Waals surface area contributed by atoms with Gasteiger partial charge in [-0.15, -0.1) is 23.1 Å². The molecule has 0 bridgehead atoms. The van der Waals surface area contributed by atoms with Crippen LogP contribution in [0.25, 0.3) is 10.4 Å². The van der Waals surface area contributed by atoms with Gasteiger partial charge in [-0.2, -0.15) is 0 Å². The number of rotatable bonds is 6. The summed E-state index contributed by atoms with van der Waals surface area (Å²) in [6, 6.07) is 19.2. The number of hydrogen-bond donors (Lipinski definition) is 3. The first-order chi connectivity index (χ1) is 12.5. The molecule has 0 aliphatic heterocycles. The lowest BCUT2D eigenvalue weighted by Crippen LogP contribution is -2.21. The van der Waals surface area contributed by atoms with Crippen molar-refractivity contribution in [2.45, 2.75) is 10.6 Å². The van der Waals surface area contributed by atoms with E-state index < -0.39 is 11.9 Å². The van der Waals surface area contributed by atoms with Gasteiger partial charge < -0.3 is 11.5 Å². The molecule has 26 heavy (non-hydrogen) atoms. The largest absolute Gasteiger partial charge is 0.366 e. The molecule has 0 fully saturated rings. The molecule has 1 heterocycles. The lowest BCUT2D eigenvalue weighted by atomic mass is 10.1. The summed E-state index contributed by atoms with van der Waals surface area (Å²) in [6.45, 7) is 0. The molecule has 0 atom stereocenters. The van der Waals surface area contributed by atoms with E-state index in [1.165, 1.54) is 16.9 Å². The maximum atomic E-state index is 11.6. The second-order valence-electron chi connectivity index (χ2n) is 5.51. The third-order valence-corrected chi connectivity index (χ3v) is 5.77. The van der Waals surface area contributed by atoms with E-state index in [0.29, 0.717) is 5.00 Å². The third kappa shape index (κ3) is 4.44. The van der Waals surface area contributed by atoms with E-state index in [2.05, 4.69) is 23.5 Å². The minimum Gasteiger partial charge on any atom is -0.366 e. The Kier molecular flexibility index (Phi) is 5.60. The molecule has 0 spiro atoms. The van der Waals surface area contributed by atoms with Gasteiger partial charge in [0, 0.05) is 15.5 Å². The minimum atomic E-state index is -0.729. The quantitative estimate of drug-likeness (QED) is 0.554.